The molecule has 0 aliphatic heterocycles. The SMILES string of the molecule is Clc1cccc(Cl)c1-c1noc(C2CC2)c1CBr.Fc1c(OCc2c(-c3c(Cl)cccc3Cl)noc2C2CC2)ccc2cc(Br)ccc12.Oc1ccc2cc(Br)ccc2c1F. The summed E-state index contributed by atoms with van der Waals surface area (Å²) in [7, 11) is 0. The van der Waals surface area contributed by atoms with Gasteiger partial charge in [0, 0.05) is 53.6 Å². The van der Waals surface area contributed by atoms with Gasteiger partial charge in [-0.1, -0.05) is 141 Å². The zero-order valence-corrected chi connectivity index (χ0v) is 39.4. The van der Waals surface area contributed by atoms with Gasteiger partial charge < -0.3 is 18.9 Å². The first-order valence-electron chi connectivity index (χ1n) is 18.9. The summed E-state index contributed by atoms with van der Waals surface area (Å²) in [4.78, 5) is 0. The summed E-state index contributed by atoms with van der Waals surface area (Å²) in [6.07, 6.45) is 4.39. The summed E-state index contributed by atoms with van der Waals surface area (Å²) in [6.45, 7) is 0.102. The third-order valence-corrected chi connectivity index (χ3v) is 13.0. The molecule has 2 aliphatic carbocycles. The van der Waals surface area contributed by atoms with Crippen molar-refractivity contribution in [2.24, 2.45) is 0 Å². The second kappa shape index (κ2) is 19.0. The van der Waals surface area contributed by atoms with Crippen molar-refractivity contribution < 1.29 is 27.7 Å². The van der Waals surface area contributed by atoms with E-state index in [0.717, 1.165) is 66.5 Å². The van der Waals surface area contributed by atoms with Crippen molar-refractivity contribution >= 4 is 116 Å². The van der Waals surface area contributed by atoms with Crippen LogP contribution in [0, 0.1) is 11.6 Å². The molecule has 8 aromatic rings. The van der Waals surface area contributed by atoms with Crippen LogP contribution >= 0.6 is 94.2 Å². The van der Waals surface area contributed by atoms with Gasteiger partial charge in [0.1, 0.15) is 29.5 Å². The number of hydrogen-bond acceptors (Lipinski definition) is 6. The van der Waals surface area contributed by atoms with E-state index in [1.807, 2.05) is 30.3 Å². The summed E-state index contributed by atoms with van der Waals surface area (Å²) in [5, 5.41) is 22.8. The lowest BCUT2D eigenvalue weighted by molar-refractivity contribution is 0.287. The van der Waals surface area contributed by atoms with Crippen LogP contribution in [0.4, 0.5) is 8.78 Å². The lowest BCUT2D eigenvalue weighted by atomic mass is 10.0. The Hall–Kier alpha value is -3.68. The molecule has 61 heavy (non-hydrogen) atoms. The minimum atomic E-state index is -0.565. The molecule has 2 aliphatic rings. The lowest BCUT2D eigenvalue weighted by Crippen LogP contribution is -2.01. The van der Waals surface area contributed by atoms with Crippen LogP contribution < -0.4 is 4.74 Å². The number of alkyl halides is 1. The molecule has 6 aromatic carbocycles. The first-order valence-corrected chi connectivity index (χ1v) is 23.1. The van der Waals surface area contributed by atoms with E-state index in [1.165, 1.54) is 18.9 Å². The van der Waals surface area contributed by atoms with Gasteiger partial charge in [-0.2, -0.15) is 0 Å². The Morgan fingerprint density at radius 1 is 0.623 bits per heavy atom. The monoisotopic (exact) mass is 1090 g/mol. The van der Waals surface area contributed by atoms with E-state index in [0.29, 0.717) is 59.3 Å². The fraction of sp³-hybridized carbons (Fsp3) is 0.174. The molecule has 2 aromatic heterocycles. The number of fused-ring (bicyclic) bond motifs is 2. The second-order valence-electron chi connectivity index (χ2n) is 14.4. The minimum Gasteiger partial charge on any atom is -0.505 e. The van der Waals surface area contributed by atoms with Crippen LogP contribution in [0.3, 0.4) is 0 Å². The molecule has 2 fully saturated rings. The molecule has 15 heteroatoms. The van der Waals surface area contributed by atoms with Gasteiger partial charge in [0.25, 0.3) is 0 Å². The molecular weight excluding hydrogens is 1060 g/mol. The van der Waals surface area contributed by atoms with Crippen LogP contribution in [0.2, 0.25) is 20.1 Å². The molecule has 0 saturated heterocycles. The van der Waals surface area contributed by atoms with Crippen molar-refractivity contribution in [3.8, 4) is 34.0 Å². The second-order valence-corrected chi connectivity index (χ2v) is 18.4. The number of halogens is 9. The molecule has 0 atom stereocenters. The molecule has 0 unspecified atom stereocenters. The minimum absolute atomic E-state index is 0.102. The highest BCUT2D eigenvalue weighted by molar-refractivity contribution is 9.10. The number of aromatic hydroxyl groups is 1. The zero-order chi connectivity index (χ0) is 42.9. The lowest BCUT2D eigenvalue weighted by Gasteiger charge is -2.11. The van der Waals surface area contributed by atoms with Gasteiger partial charge in [-0.05, 0) is 97.1 Å². The Balaban J connectivity index is 0.000000140. The number of aromatic nitrogens is 2. The molecule has 0 bridgehead atoms. The maximum Gasteiger partial charge on any atom is 0.172 e. The molecule has 312 valence electrons. The van der Waals surface area contributed by atoms with Crippen LogP contribution in [-0.2, 0) is 11.9 Å². The summed E-state index contributed by atoms with van der Waals surface area (Å²) in [6, 6.07) is 27.8. The smallest absolute Gasteiger partial charge is 0.172 e. The number of hydrogen-bond donors (Lipinski definition) is 1. The average molecular weight is 1100 g/mol. The number of ether oxygens (including phenoxy) is 1. The van der Waals surface area contributed by atoms with Gasteiger partial charge >= 0.3 is 0 Å². The first-order chi connectivity index (χ1) is 29.4. The summed E-state index contributed by atoms with van der Waals surface area (Å²) in [5.74, 6) is 1.43. The highest BCUT2D eigenvalue weighted by atomic mass is 79.9. The van der Waals surface area contributed by atoms with Crippen LogP contribution in [-0.4, -0.2) is 15.4 Å². The molecule has 2 saturated carbocycles. The molecule has 10 rings (SSSR count). The van der Waals surface area contributed by atoms with Gasteiger partial charge in [0.05, 0.1) is 25.7 Å². The number of nitrogens with zero attached hydrogens (tertiary/aromatic N) is 2. The molecule has 6 nitrogen and oxygen atoms in total. The Morgan fingerprint density at radius 3 is 1.57 bits per heavy atom. The molecule has 2 heterocycles. The number of rotatable bonds is 8. The molecule has 1 N–H and O–H groups in total. The van der Waals surface area contributed by atoms with Crippen molar-refractivity contribution in [1.82, 2.24) is 10.3 Å². The van der Waals surface area contributed by atoms with Crippen molar-refractivity contribution in [3.63, 3.8) is 0 Å². The predicted octanol–water partition coefficient (Wildman–Crippen LogP) is 17.0. The molecule has 0 amide bonds. The molecule has 0 radical (unpaired) electrons. The quantitative estimate of drug-likeness (QED) is 0.153. The van der Waals surface area contributed by atoms with Crippen LogP contribution in [0.5, 0.6) is 11.5 Å². The normalized spacial score (nSPS) is 13.5. The van der Waals surface area contributed by atoms with Gasteiger partial charge in [-0.25, -0.2) is 8.78 Å². The topological polar surface area (TPSA) is 81.5 Å². The standard InChI is InChI=1S/C23H15BrCl2FNO2.C13H10BrCl2NO.C10H6BrFO/c24-14-7-8-15-13(10-14)6-9-19(21(15)27)29-11-16-22(28-30-23(16)12-4-5-12)20-17(25)2-1-3-18(20)26;14-6-8-12(17-18-13(8)7-4-5-7)11-9(15)2-1-3-10(11)16;11-7-2-3-8-6(5-7)1-4-9(13)10(8)12/h1-3,6-10,12H,4-5,11H2;1-3,7H,4-6H2;1-5,13H. The first kappa shape index (κ1) is 43.9. The maximum atomic E-state index is 15.0. The maximum absolute atomic E-state index is 15.0. The van der Waals surface area contributed by atoms with Gasteiger partial charge in [-0.15, -0.1) is 0 Å². The van der Waals surface area contributed by atoms with E-state index in [9.17, 15) is 4.39 Å². The number of phenols is 1. The average Bonchev–Trinajstić information content (AvgIpc) is 4.19. The van der Waals surface area contributed by atoms with Gasteiger partial charge in [0.2, 0.25) is 0 Å². The molecular formula is C46H31Br3Cl4F2N2O4. The third-order valence-electron chi connectivity index (χ3n) is 10.2. The van der Waals surface area contributed by atoms with Crippen LogP contribution in [0.25, 0.3) is 44.1 Å². The van der Waals surface area contributed by atoms with E-state index >= 15 is 4.39 Å². The van der Waals surface area contributed by atoms with E-state index < -0.39 is 11.6 Å². The predicted molar refractivity (Wildman–Crippen MR) is 250 cm³/mol. The van der Waals surface area contributed by atoms with Crippen LogP contribution in [0.15, 0.2) is 115 Å². The Bertz CT molecular complexity index is 2880. The fourth-order valence-electron chi connectivity index (χ4n) is 6.84. The zero-order valence-electron chi connectivity index (χ0n) is 31.6. The van der Waals surface area contributed by atoms with Crippen molar-refractivity contribution in [3.05, 3.63) is 160 Å². The van der Waals surface area contributed by atoms with Crippen molar-refractivity contribution in [2.45, 2.75) is 49.5 Å². The summed E-state index contributed by atoms with van der Waals surface area (Å²) in [5.41, 5.74) is 4.46. The van der Waals surface area contributed by atoms with E-state index in [2.05, 4.69) is 58.1 Å². The number of benzene rings is 6. The van der Waals surface area contributed by atoms with Crippen LogP contribution in [0.1, 0.15) is 60.2 Å². The highest BCUT2D eigenvalue weighted by Gasteiger charge is 2.34. The Labute approximate surface area is 394 Å². The van der Waals surface area contributed by atoms with Gasteiger partial charge in [0.15, 0.2) is 23.1 Å². The fourth-order valence-corrected chi connectivity index (χ4v) is 9.29. The van der Waals surface area contributed by atoms with E-state index in [4.69, 9.17) is 65.3 Å². The summed E-state index contributed by atoms with van der Waals surface area (Å²) < 4.78 is 47.1. The Morgan fingerprint density at radius 2 is 1.08 bits per heavy atom. The largest absolute Gasteiger partial charge is 0.505 e. The number of phenolic OH excluding ortho intramolecular Hbond substituents is 1. The Kier molecular flexibility index (Phi) is 13.7. The van der Waals surface area contributed by atoms with Gasteiger partial charge in [-0.3, -0.25) is 0 Å². The van der Waals surface area contributed by atoms with E-state index in [-0.39, 0.29) is 18.1 Å². The molecule has 0 spiro atoms. The van der Waals surface area contributed by atoms with Crippen molar-refractivity contribution in [2.75, 3.05) is 0 Å². The summed E-state index contributed by atoms with van der Waals surface area (Å²) >= 11 is 35.4. The van der Waals surface area contributed by atoms with Crippen molar-refractivity contribution in [1.29, 1.82) is 0 Å². The third kappa shape index (κ3) is 9.64. The highest BCUT2D eigenvalue weighted by Crippen LogP contribution is 2.48. The van der Waals surface area contributed by atoms with E-state index in [1.54, 1.807) is 60.7 Å².